The van der Waals surface area contributed by atoms with Crippen molar-refractivity contribution in [1.82, 2.24) is 25.8 Å². The Kier molecular flexibility index (Phi) is 9.68. The van der Waals surface area contributed by atoms with Gasteiger partial charge in [-0.05, 0) is 56.7 Å². The molecule has 1 aromatic carbocycles. The van der Waals surface area contributed by atoms with Crippen LogP contribution in [0, 0.1) is 0 Å². The molecule has 0 radical (unpaired) electrons. The standard InChI is InChI=1S/C18H23ClN4.C6H13N/c1-3-23-8-4-5-16(12-23)21-13(2)20-11-17-10-14-9-15(19)6-7-18(14)22-17;1-4-5-7-6(2)3/h3,6-7,9-10,16,20-22H,1-2,4-5,8,11-12H2;7H,2,4-5H2,1,3H3. The van der Waals surface area contributed by atoms with Gasteiger partial charge < -0.3 is 25.8 Å². The predicted molar refractivity (Wildman–Crippen MR) is 130 cm³/mol. The molecule has 3 rings (SSSR count). The van der Waals surface area contributed by atoms with Crippen molar-refractivity contribution in [2.75, 3.05) is 19.6 Å². The van der Waals surface area contributed by atoms with E-state index in [9.17, 15) is 0 Å². The molecule has 1 atom stereocenters. The summed E-state index contributed by atoms with van der Waals surface area (Å²) in [6.07, 6.45) is 5.43. The van der Waals surface area contributed by atoms with Gasteiger partial charge in [0.05, 0.1) is 12.4 Å². The average Bonchev–Trinajstić information content (AvgIpc) is 3.13. The lowest BCUT2D eigenvalue weighted by Gasteiger charge is -2.33. The van der Waals surface area contributed by atoms with Gasteiger partial charge in [-0.2, -0.15) is 0 Å². The molecule has 2 heterocycles. The second-order valence-corrected chi connectivity index (χ2v) is 8.16. The Morgan fingerprint density at radius 2 is 2.10 bits per heavy atom. The Hall–Kier alpha value is -2.53. The van der Waals surface area contributed by atoms with Crippen molar-refractivity contribution in [3.63, 3.8) is 0 Å². The number of rotatable bonds is 9. The van der Waals surface area contributed by atoms with Gasteiger partial charge in [0.2, 0.25) is 0 Å². The van der Waals surface area contributed by atoms with E-state index in [0.29, 0.717) is 12.6 Å². The van der Waals surface area contributed by atoms with Crippen LogP contribution < -0.4 is 16.0 Å². The van der Waals surface area contributed by atoms with E-state index in [1.807, 2.05) is 31.3 Å². The molecular weight excluding hydrogens is 394 g/mol. The number of aromatic amines is 1. The van der Waals surface area contributed by atoms with Crippen molar-refractivity contribution in [2.45, 2.75) is 45.7 Å². The third kappa shape index (κ3) is 8.07. The number of piperidine rings is 1. The summed E-state index contributed by atoms with van der Waals surface area (Å²) < 4.78 is 0. The van der Waals surface area contributed by atoms with Crippen LogP contribution in [0.5, 0.6) is 0 Å². The fraction of sp³-hybridized carbons (Fsp3) is 0.417. The number of aromatic nitrogens is 1. The van der Waals surface area contributed by atoms with Crippen LogP contribution in [0.1, 0.15) is 38.8 Å². The maximum atomic E-state index is 6.02. The molecule has 1 aliphatic rings. The molecule has 5 nitrogen and oxygen atoms in total. The molecule has 2 aromatic rings. The van der Waals surface area contributed by atoms with Gasteiger partial charge in [0.25, 0.3) is 0 Å². The molecule has 30 heavy (non-hydrogen) atoms. The number of allylic oxidation sites excluding steroid dienone is 1. The lowest BCUT2D eigenvalue weighted by Crippen LogP contribution is -2.44. The van der Waals surface area contributed by atoms with Crippen molar-refractivity contribution in [1.29, 1.82) is 0 Å². The minimum absolute atomic E-state index is 0.420. The first kappa shape index (κ1) is 23.7. The Labute approximate surface area is 186 Å². The zero-order chi connectivity index (χ0) is 21.9. The number of nitrogens with one attached hydrogen (secondary N) is 4. The zero-order valence-electron chi connectivity index (χ0n) is 18.4. The summed E-state index contributed by atoms with van der Waals surface area (Å²) in [5.74, 6) is 0.859. The summed E-state index contributed by atoms with van der Waals surface area (Å²) in [6, 6.07) is 8.40. The lowest BCUT2D eigenvalue weighted by atomic mass is 10.1. The molecule has 164 valence electrons. The Bertz CT molecular complexity index is 841. The number of nitrogens with zero attached hydrogens (tertiary/aromatic N) is 1. The quantitative estimate of drug-likeness (QED) is 0.448. The first-order valence-corrected chi connectivity index (χ1v) is 11.0. The SMILES string of the molecule is C=C(C)NCCC.C=CN1CCCC(NC(=C)NCc2cc3cc(Cl)ccc3[nH]2)C1. The highest BCUT2D eigenvalue weighted by atomic mass is 35.5. The van der Waals surface area contributed by atoms with Crippen molar-refractivity contribution in [2.24, 2.45) is 0 Å². The van der Waals surface area contributed by atoms with E-state index >= 15 is 0 Å². The first-order valence-electron chi connectivity index (χ1n) is 10.6. The highest BCUT2D eigenvalue weighted by Gasteiger charge is 2.17. The Balaban J connectivity index is 0.000000396. The largest absolute Gasteiger partial charge is 0.389 e. The summed E-state index contributed by atoms with van der Waals surface area (Å²) in [5, 5.41) is 11.8. The fourth-order valence-corrected chi connectivity index (χ4v) is 3.57. The van der Waals surface area contributed by atoms with Crippen LogP contribution in [-0.2, 0) is 6.54 Å². The maximum absolute atomic E-state index is 6.02. The molecule has 0 bridgehead atoms. The molecule has 0 aliphatic carbocycles. The normalized spacial score (nSPS) is 15.7. The molecular formula is C24H36ClN5. The summed E-state index contributed by atoms with van der Waals surface area (Å²) in [5.41, 5.74) is 3.27. The second-order valence-electron chi connectivity index (χ2n) is 7.73. The summed E-state index contributed by atoms with van der Waals surface area (Å²) in [4.78, 5) is 5.63. The molecule has 0 amide bonds. The summed E-state index contributed by atoms with van der Waals surface area (Å²) in [6.45, 7) is 19.5. The molecule has 6 heteroatoms. The molecule has 1 aliphatic heterocycles. The lowest BCUT2D eigenvalue weighted by molar-refractivity contribution is 0.259. The van der Waals surface area contributed by atoms with E-state index in [1.54, 1.807) is 0 Å². The number of fused-ring (bicyclic) bond motifs is 1. The van der Waals surface area contributed by atoms with E-state index in [2.05, 4.69) is 58.6 Å². The van der Waals surface area contributed by atoms with Gasteiger partial charge in [-0.1, -0.05) is 38.3 Å². The second kappa shape index (κ2) is 12.2. The number of likely N-dealkylation sites (tertiary alicyclic amines) is 1. The van der Waals surface area contributed by atoms with Gasteiger partial charge in [0.1, 0.15) is 0 Å². The number of H-pyrrole nitrogens is 1. The monoisotopic (exact) mass is 429 g/mol. The van der Waals surface area contributed by atoms with E-state index in [-0.39, 0.29) is 0 Å². The highest BCUT2D eigenvalue weighted by Crippen LogP contribution is 2.20. The fourth-order valence-electron chi connectivity index (χ4n) is 3.39. The third-order valence-corrected chi connectivity index (χ3v) is 5.13. The van der Waals surface area contributed by atoms with Crippen LogP contribution in [0.2, 0.25) is 5.02 Å². The van der Waals surface area contributed by atoms with E-state index in [0.717, 1.165) is 59.2 Å². The van der Waals surface area contributed by atoms with Crippen LogP contribution in [0.4, 0.5) is 0 Å². The number of hydrogen-bond acceptors (Lipinski definition) is 4. The van der Waals surface area contributed by atoms with Crippen LogP contribution >= 0.6 is 11.6 Å². The molecule has 4 N–H and O–H groups in total. The van der Waals surface area contributed by atoms with Crippen molar-refractivity contribution in [3.05, 3.63) is 72.4 Å². The smallest absolute Gasteiger partial charge is 0.0918 e. The van der Waals surface area contributed by atoms with Gasteiger partial charge in [-0.25, -0.2) is 0 Å². The molecule has 0 saturated carbocycles. The first-order chi connectivity index (χ1) is 14.4. The van der Waals surface area contributed by atoms with Crippen molar-refractivity contribution >= 4 is 22.5 Å². The maximum Gasteiger partial charge on any atom is 0.0918 e. The predicted octanol–water partition coefficient (Wildman–Crippen LogP) is 5.10. The minimum Gasteiger partial charge on any atom is -0.389 e. The van der Waals surface area contributed by atoms with Crippen LogP contribution in [0.3, 0.4) is 0 Å². The minimum atomic E-state index is 0.420. The zero-order valence-corrected chi connectivity index (χ0v) is 19.1. The summed E-state index contributed by atoms with van der Waals surface area (Å²) in [7, 11) is 0. The highest BCUT2D eigenvalue weighted by molar-refractivity contribution is 6.31. The van der Waals surface area contributed by atoms with E-state index in [4.69, 9.17) is 11.6 Å². The molecule has 1 unspecified atom stereocenters. The molecule has 1 aromatic heterocycles. The van der Waals surface area contributed by atoms with Gasteiger partial charge in [0.15, 0.2) is 0 Å². The van der Waals surface area contributed by atoms with Crippen molar-refractivity contribution in [3.8, 4) is 0 Å². The van der Waals surface area contributed by atoms with Crippen LogP contribution in [-0.4, -0.2) is 35.6 Å². The van der Waals surface area contributed by atoms with Crippen LogP contribution in [0.25, 0.3) is 10.9 Å². The molecule has 1 saturated heterocycles. The number of halogens is 1. The average molecular weight is 430 g/mol. The van der Waals surface area contributed by atoms with Crippen molar-refractivity contribution < 1.29 is 0 Å². The van der Waals surface area contributed by atoms with Gasteiger partial charge in [-0.3, -0.25) is 0 Å². The Morgan fingerprint density at radius 1 is 1.30 bits per heavy atom. The van der Waals surface area contributed by atoms with Crippen LogP contribution in [0.15, 0.2) is 61.7 Å². The Morgan fingerprint density at radius 3 is 2.77 bits per heavy atom. The molecule has 0 spiro atoms. The topological polar surface area (TPSA) is 55.1 Å². The third-order valence-electron chi connectivity index (χ3n) is 4.90. The molecule has 1 fully saturated rings. The van der Waals surface area contributed by atoms with Gasteiger partial charge >= 0.3 is 0 Å². The van der Waals surface area contributed by atoms with E-state index in [1.165, 1.54) is 12.8 Å². The van der Waals surface area contributed by atoms with Gasteiger partial charge in [-0.15, -0.1) is 0 Å². The number of hydrogen-bond donors (Lipinski definition) is 4. The van der Waals surface area contributed by atoms with Gasteiger partial charge in [0, 0.05) is 53.0 Å². The van der Waals surface area contributed by atoms with E-state index < -0.39 is 0 Å². The summed E-state index contributed by atoms with van der Waals surface area (Å²) >= 11 is 6.02. The number of benzene rings is 1.